The zero-order valence-corrected chi connectivity index (χ0v) is 56.4. The van der Waals surface area contributed by atoms with E-state index in [1.807, 2.05) is 0 Å². The molecule has 15 rings (SSSR count). The van der Waals surface area contributed by atoms with Gasteiger partial charge in [0.2, 0.25) is 0 Å². The van der Waals surface area contributed by atoms with Crippen LogP contribution in [0.15, 0.2) is 211 Å². The Balaban J connectivity index is 1.08. The smallest absolute Gasteiger partial charge is 0.252 e. The molecule has 0 fully saturated rings. The van der Waals surface area contributed by atoms with Gasteiger partial charge >= 0.3 is 0 Å². The molecule has 1 aliphatic carbocycles. The first-order chi connectivity index (χ1) is 43.1. The van der Waals surface area contributed by atoms with Gasteiger partial charge < -0.3 is 23.7 Å². The van der Waals surface area contributed by atoms with E-state index >= 15 is 0 Å². The third-order valence-electron chi connectivity index (χ3n) is 20.3. The highest BCUT2D eigenvalue weighted by Crippen LogP contribution is 2.56. The largest absolute Gasteiger partial charge is 0.454 e. The lowest BCUT2D eigenvalue weighted by atomic mass is 9.33. The van der Waals surface area contributed by atoms with E-state index in [2.05, 4.69) is 343 Å². The lowest BCUT2D eigenvalue weighted by Gasteiger charge is -2.42. The molecule has 0 bridgehead atoms. The molecule has 0 saturated heterocycles. The SMILES string of the molecule is CC(C)(C)c1ccc(N(c2ccc(C(C)(C)C)cc2)c2ccc3c(c2)N(c2cccc4c2oc2cc(C(C)(C)C)ccc24)c2cc(N(c4ccc(C(C)(C)C)cc4)c4ccc(C(C)(C)C)cc4)cc4c2B3c2cccc3c5c(n-4c23)C(C)(C)c2ccccc2-5)cc1. The van der Waals surface area contributed by atoms with Crippen molar-refractivity contribution < 1.29 is 4.42 Å². The fraction of sp³-hybridized carbons (Fsp3) is 0.271. The summed E-state index contributed by atoms with van der Waals surface area (Å²) in [5, 5.41) is 3.49. The van der Waals surface area contributed by atoms with Crippen molar-refractivity contribution in [3.8, 4) is 16.8 Å². The zero-order chi connectivity index (χ0) is 63.8. The summed E-state index contributed by atoms with van der Waals surface area (Å²) in [5.74, 6) is 0. The van der Waals surface area contributed by atoms with Crippen molar-refractivity contribution in [2.45, 2.75) is 150 Å². The molecule has 0 unspecified atom stereocenters. The number of furan rings is 1. The van der Waals surface area contributed by atoms with Crippen molar-refractivity contribution in [3.63, 3.8) is 0 Å². The second kappa shape index (κ2) is 20.0. The van der Waals surface area contributed by atoms with E-state index in [4.69, 9.17) is 4.42 Å². The first kappa shape index (κ1) is 58.4. The molecule has 10 aromatic carbocycles. The average molecular weight is 1190 g/mol. The highest BCUT2D eigenvalue weighted by molar-refractivity contribution is 7.00. The van der Waals surface area contributed by atoms with Crippen LogP contribution in [0.4, 0.5) is 51.2 Å². The van der Waals surface area contributed by atoms with E-state index in [0.29, 0.717) is 0 Å². The maximum atomic E-state index is 7.43. The molecule has 91 heavy (non-hydrogen) atoms. The van der Waals surface area contributed by atoms with E-state index in [-0.39, 0.29) is 39.2 Å². The third-order valence-corrected chi connectivity index (χ3v) is 20.3. The van der Waals surface area contributed by atoms with Crippen molar-refractivity contribution in [1.82, 2.24) is 4.57 Å². The number of benzene rings is 10. The van der Waals surface area contributed by atoms with E-state index in [0.717, 1.165) is 73.1 Å². The summed E-state index contributed by atoms with van der Waals surface area (Å²) < 4.78 is 10.1. The Morgan fingerprint density at radius 1 is 0.374 bits per heavy atom. The molecule has 0 N–H and O–H groups in total. The molecule has 4 heterocycles. The van der Waals surface area contributed by atoms with Crippen LogP contribution in [-0.4, -0.2) is 11.3 Å². The quantitative estimate of drug-likeness (QED) is 0.149. The van der Waals surface area contributed by atoms with Crippen molar-refractivity contribution in [2.75, 3.05) is 14.7 Å². The molecule has 12 aromatic rings. The molecule has 0 radical (unpaired) electrons. The predicted molar refractivity (Wildman–Crippen MR) is 390 cm³/mol. The van der Waals surface area contributed by atoms with Crippen molar-refractivity contribution in [1.29, 1.82) is 0 Å². The molecule has 2 aliphatic heterocycles. The van der Waals surface area contributed by atoms with Crippen LogP contribution in [0, 0.1) is 0 Å². The molecular formula is C85H85BN4O. The van der Waals surface area contributed by atoms with Crippen molar-refractivity contribution in [3.05, 3.63) is 245 Å². The van der Waals surface area contributed by atoms with Gasteiger partial charge in [-0.1, -0.05) is 239 Å². The van der Waals surface area contributed by atoms with Gasteiger partial charge in [0.25, 0.3) is 6.71 Å². The van der Waals surface area contributed by atoms with Crippen LogP contribution in [-0.2, 0) is 32.5 Å². The second-order valence-electron chi connectivity index (χ2n) is 32.0. The van der Waals surface area contributed by atoms with Crippen molar-refractivity contribution in [2.24, 2.45) is 0 Å². The van der Waals surface area contributed by atoms with Gasteiger partial charge in [-0.2, -0.15) is 0 Å². The second-order valence-corrected chi connectivity index (χ2v) is 32.0. The van der Waals surface area contributed by atoms with Gasteiger partial charge in [-0.15, -0.1) is 0 Å². The number of fused-ring (bicyclic) bond motifs is 12. The topological polar surface area (TPSA) is 27.8 Å². The Morgan fingerprint density at radius 3 is 1.37 bits per heavy atom. The van der Waals surface area contributed by atoms with Crippen molar-refractivity contribution >= 4 is 107 Å². The minimum atomic E-state index is -0.324. The predicted octanol–water partition coefficient (Wildman–Crippen LogP) is 21.9. The number of hydrogen-bond donors (Lipinski definition) is 0. The van der Waals surface area contributed by atoms with E-state index in [9.17, 15) is 0 Å². The van der Waals surface area contributed by atoms with E-state index < -0.39 is 0 Å². The van der Waals surface area contributed by atoms with Gasteiger partial charge in [-0.25, -0.2) is 0 Å². The summed E-state index contributed by atoms with van der Waals surface area (Å²) >= 11 is 0. The number of para-hydroxylation sites is 2. The molecule has 2 aromatic heterocycles. The number of anilines is 9. The number of nitrogens with zero attached hydrogens (tertiary/aromatic N) is 4. The maximum absolute atomic E-state index is 7.43. The molecule has 0 saturated carbocycles. The van der Waals surface area contributed by atoms with Crippen LogP contribution in [0.25, 0.3) is 49.7 Å². The molecule has 0 amide bonds. The zero-order valence-electron chi connectivity index (χ0n) is 56.4. The van der Waals surface area contributed by atoms with Crippen LogP contribution < -0.4 is 31.1 Å². The van der Waals surface area contributed by atoms with Gasteiger partial charge in [0, 0.05) is 83.8 Å². The summed E-state index contributed by atoms with van der Waals surface area (Å²) in [6.07, 6.45) is 0. The van der Waals surface area contributed by atoms with Crippen LogP contribution >= 0.6 is 0 Å². The fourth-order valence-corrected chi connectivity index (χ4v) is 15.2. The van der Waals surface area contributed by atoms with Gasteiger partial charge in [-0.3, -0.25) is 0 Å². The van der Waals surface area contributed by atoms with Crippen LogP contribution in [0.3, 0.4) is 0 Å². The Hall–Kier alpha value is -9.00. The summed E-state index contributed by atoms with van der Waals surface area (Å²) in [6, 6.07) is 79.5. The normalized spacial score (nSPS) is 14.3. The van der Waals surface area contributed by atoms with Crippen LogP contribution in [0.5, 0.6) is 0 Å². The van der Waals surface area contributed by atoms with Gasteiger partial charge in [0.15, 0.2) is 5.58 Å². The number of hydrogen-bond acceptors (Lipinski definition) is 4. The fourth-order valence-electron chi connectivity index (χ4n) is 15.2. The molecule has 5 nitrogen and oxygen atoms in total. The standard InChI is InChI=1S/C85H85BN4O/c1-80(2,3)52-28-37-57(38-29-52)87(58-39-30-53(31-40-58)81(4,5)6)61-45-47-68-71(49-61)89(70-27-21-23-64-63-46-36-56(84(13,14)15)48-74(63)91-78(64)70)72-50-62(88(59-41-32-54(33-42-59)82(7,8)9)60-43-34-55(35-44-60)83(10,11)12)51-73-76(72)86(68)69-26-20-24-66-75-65-22-18-19-25-67(65)85(16,17)79(75)90(73)77(66)69/h18-51H,1-17H3. The Bertz CT molecular complexity index is 4790. The summed E-state index contributed by atoms with van der Waals surface area (Å²) in [7, 11) is 0. The number of aromatic nitrogens is 1. The highest BCUT2D eigenvalue weighted by atomic mass is 16.3. The Morgan fingerprint density at radius 2 is 0.835 bits per heavy atom. The lowest BCUT2D eigenvalue weighted by molar-refractivity contribution is 0.587. The average Bonchev–Trinajstić information content (AvgIpc) is 1.57. The first-order valence-electron chi connectivity index (χ1n) is 32.9. The first-order valence-corrected chi connectivity index (χ1v) is 32.9. The molecule has 454 valence electrons. The van der Waals surface area contributed by atoms with Crippen LogP contribution in [0.2, 0.25) is 0 Å². The third kappa shape index (κ3) is 9.23. The van der Waals surface area contributed by atoms with Crippen LogP contribution in [0.1, 0.15) is 157 Å². The van der Waals surface area contributed by atoms with Gasteiger partial charge in [0.05, 0.1) is 11.4 Å². The summed E-state index contributed by atoms with van der Waals surface area (Å²) in [4.78, 5) is 7.57. The van der Waals surface area contributed by atoms with Gasteiger partial charge in [0.1, 0.15) is 5.58 Å². The van der Waals surface area contributed by atoms with Gasteiger partial charge in [-0.05, 0) is 167 Å². The lowest BCUT2D eigenvalue weighted by Crippen LogP contribution is -2.60. The minimum absolute atomic E-state index is 0.00947. The Labute approximate surface area is 540 Å². The molecule has 0 spiro atoms. The summed E-state index contributed by atoms with van der Waals surface area (Å²) in [5.41, 5.74) is 29.1. The monoisotopic (exact) mass is 1190 g/mol. The highest BCUT2D eigenvalue weighted by Gasteiger charge is 2.48. The molecular weight excluding hydrogens is 1100 g/mol. The molecule has 0 atom stereocenters. The van der Waals surface area contributed by atoms with E-state index in [1.165, 1.54) is 83.2 Å². The van der Waals surface area contributed by atoms with E-state index in [1.54, 1.807) is 0 Å². The molecule has 6 heteroatoms. The summed E-state index contributed by atoms with van der Waals surface area (Å²) in [6.45, 7) is 39.2. The Kier molecular flexibility index (Phi) is 12.8. The number of rotatable bonds is 7. The molecule has 3 aliphatic rings. The minimum Gasteiger partial charge on any atom is -0.454 e. The maximum Gasteiger partial charge on any atom is 0.252 e.